The molecule has 0 aliphatic carbocycles. The van der Waals surface area contributed by atoms with E-state index in [2.05, 4.69) is 38.7 Å². The lowest BCUT2D eigenvalue weighted by molar-refractivity contribution is -0.393. The van der Waals surface area contributed by atoms with Crippen molar-refractivity contribution in [3.63, 3.8) is 0 Å². The van der Waals surface area contributed by atoms with Gasteiger partial charge in [0.2, 0.25) is 0 Å². The number of benzene rings is 2. The lowest BCUT2D eigenvalue weighted by Gasteiger charge is -2.29. The number of carbonyl (C=O) groups excluding carboxylic acids is 1. The molecule has 2 aromatic carbocycles. The maximum absolute atomic E-state index is 13.1. The van der Waals surface area contributed by atoms with Gasteiger partial charge in [-0.05, 0) is 55.0 Å². The number of fused-ring (bicyclic) bond motifs is 2. The van der Waals surface area contributed by atoms with Gasteiger partial charge >= 0.3 is 0 Å². The van der Waals surface area contributed by atoms with Crippen LogP contribution in [0.15, 0.2) is 140 Å². The van der Waals surface area contributed by atoms with Gasteiger partial charge in [0.25, 0.3) is 5.91 Å². The van der Waals surface area contributed by atoms with Crippen molar-refractivity contribution >= 4 is 33.4 Å². The van der Waals surface area contributed by atoms with Gasteiger partial charge in [-0.1, -0.05) is 54.6 Å². The lowest BCUT2D eigenvalue weighted by atomic mass is 10.1. The fourth-order valence-corrected chi connectivity index (χ4v) is 6.08. The third-order valence-electron chi connectivity index (χ3n) is 8.43. The highest BCUT2D eigenvalue weighted by Gasteiger charge is 2.27. The number of nitrogens with one attached hydrogen (secondary N) is 3. The monoisotopic (exact) mass is 645 g/mol. The van der Waals surface area contributed by atoms with Crippen molar-refractivity contribution in [2.24, 2.45) is 0 Å². The van der Waals surface area contributed by atoms with Crippen LogP contribution < -0.4 is 15.6 Å². The van der Waals surface area contributed by atoms with Gasteiger partial charge in [0.1, 0.15) is 0 Å². The van der Waals surface area contributed by atoms with E-state index in [1.165, 1.54) is 0 Å². The molecule has 5 heterocycles. The normalized spacial score (nSPS) is 11.3. The van der Waals surface area contributed by atoms with Crippen LogP contribution in [0.1, 0.15) is 45.6 Å². The van der Waals surface area contributed by atoms with E-state index in [0.29, 0.717) is 31.7 Å². The second-order valence-corrected chi connectivity index (χ2v) is 11.8. The molecule has 0 bridgehead atoms. The average molecular weight is 646 g/mol. The predicted molar refractivity (Wildman–Crippen MR) is 191 cm³/mol. The smallest absolute Gasteiger partial charge is 0.252 e. The molecule has 0 radical (unpaired) electrons. The van der Waals surface area contributed by atoms with E-state index in [-0.39, 0.29) is 11.9 Å². The van der Waals surface area contributed by atoms with Crippen LogP contribution >= 0.6 is 0 Å². The van der Waals surface area contributed by atoms with Crippen LogP contribution in [0.25, 0.3) is 21.8 Å². The highest BCUT2D eigenvalue weighted by Crippen LogP contribution is 2.31. The number of para-hydroxylation sites is 2. The van der Waals surface area contributed by atoms with E-state index in [4.69, 9.17) is 19.9 Å². The molecule has 7 aromatic rings. The Bertz CT molecular complexity index is 2030. The molecule has 242 valence electrons. The number of hydrogen-bond donors (Lipinski definition) is 2. The van der Waals surface area contributed by atoms with Crippen LogP contribution in [0.5, 0.6) is 0 Å². The third kappa shape index (κ3) is 7.58. The molecule has 0 spiro atoms. The topological polar surface area (TPSA) is 110 Å². The predicted octanol–water partition coefficient (Wildman–Crippen LogP) is 6.41. The Morgan fingerprint density at radius 1 is 0.694 bits per heavy atom. The first kappa shape index (κ1) is 31.5. The van der Waals surface area contributed by atoms with Crippen molar-refractivity contribution in [1.82, 2.24) is 30.2 Å². The quantitative estimate of drug-likeness (QED) is 0.110. The minimum atomic E-state index is -0.211. The summed E-state index contributed by atoms with van der Waals surface area (Å²) in [5.74, 6) is -0.144. The van der Waals surface area contributed by atoms with Gasteiger partial charge < -0.3 is 10.6 Å². The number of anilines is 1. The summed E-state index contributed by atoms with van der Waals surface area (Å²) in [5.41, 5.74) is 7.19. The van der Waals surface area contributed by atoms with Crippen LogP contribution in [-0.4, -0.2) is 43.8 Å². The van der Waals surface area contributed by atoms with Crippen molar-refractivity contribution in [1.29, 1.82) is 0 Å². The van der Waals surface area contributed by atoms with Gasteiger partial charge in [-0.15, -0.1) is 0 Å². The lowest BCUT2D eigenvalue weighted by Crippen LogP contribution is -2.32. The number of nitrogens with zero attached hydrogens (tertiary/aromatic N) is 5. The summed E-state index contributed by atoms with van der Waals surface area (Å²) in [6.07, 6.45) is 7.96. The number of rotatable bonds is 13. The number of aromatic nitrogens is 5. The molecule has 9 heteroatoms. The summed E-state index contributed by atoms with van der Waals surface area (Å²) in [6, 6.07) is 37.8. The van der Waals surface area contributed by atoms with Crippen molar-refractivity contribution in [3.05, 3.63) is 168 Å². The van der Waals surface area contributed by atoms with Crippen LogP contribution in [0.3, 0.4) is 0 Å². The molecule has 9 nitrogen and oxygen atoms in total. The minimum Gasteiger partial charge on any atom is -0.384 e. The molecule has 0 saturated heterocycles. The molecular formula is C40H37N8O+. The standard InChI is InChI=1S/C40H36N8O/c49-40(45-25-11-24-44-38-32-13-1-3-15-34(32)47-35-16-4-2-14-33(35)38)29-19-20-31(46-26-29)28-48(27-30-12-5-8-21-41-30)39(36-17-6-9-22-42-36)37-18-7-10-23-43-37/h1-10,12-23,26,39H,11,24-25,27-28H2,(H,44,47)(H,45,49)/p+1. The maximum Gasteiger partial charge on any atom is 0.252 e. The minimum absolute atomic E-state index is 0.144. The van der Waals surface area contributed by atoms with Gasteiger partial charge in [0.15, 0.2) is 11.9 Å². The van der Waals surface area contributed by atoms with Crippen LogP contribution in [0.2, 0.25) is 0 Å². The Labute approximate surface area is 285 Å². The van der Waals surface area contributed by atoms with E-state index >= 15 is 0 Å². The van der Waals surface area contributed by atoms with Crippen molar-refractivity contribution < 1.29 is 9.78 Å². The summed E-state index contributed by atoms with van der Waals surface area (Å²) >= 11 is 0. The molecule has 0 aliphatic rings. The summed E-state index contributed by atoms with van der Waals surface area (Å²) in [7, 11) is 0. The van der Waals surface area contributed by atoms with Crippen LogP contribution in [-0.2, 0) is 13.1 Å². The average Bonchev–Trinajstić information content (AvgIpc) is 3.16. The second kappa shape index (κ2) is 15.2. The number of aromatic amines is 1. The highest BCUT2D eigenvalue weighted by atomic mass is 16.1. The Morgan fingerprint density at radius 2 is 1.37 bits per heavy atom. The molecule has 7 rings (SSSR count). The first-order chi connectivity index (χ1) is 24.2. The Morgan fingerprint density at radius 3 is 1.98 bits per heavy atom. The Kier molecular flexibility index (Phi) is 9.80. The summed E-state index contributed by atoms with van der Waals surface area (Å²) < 4.78 is 0. The molecule has 3 N–H and O–H groups in total. The molecule has 49 heavy (non-hydrogen) atoms. The fourth-order valence-electron chi connectivity index (χ4n) is 6.08. The zero-order valence-electron chi connectivity index (χ0n) is 27.0. The molecule has 0 fully saturated rings. The Hall–Kier alpha value is -6.06. The molecule has 0 saturated carbocycles. The second-order valence-electron chi connectivity index (χ2n) is 11.8. The van der Waals surface area contributed by atoms with Crippen molar-refractivity contribution in [3.8, 4) is 0 Å². The molecule has 0 aliphatic heterocycles. The summed E-state index contributed by atoms with van der Waals surface area (Å²) in [4.78, 5) is 37.7. The van der Waals surface area contributed by atoms with E-state index in [1.807, 2.05) is 116 Å². The summed E-state index contributed by atoms with van der Waals surface area (Å²) in [5, 5.41) is 8.82. The van der Waals surface area contributed by atoms with Gasteiger partial charge in [-0.3, -0.25) is 24.6 Å². The molecular weight excluding hydrogens is 608 g/mol. The van der Waals surface area contributed by atoms with E-state index in [9.17, 15) is 4.79 Å². The number of H-pyrrole nitrogens is 1. The molecule has 5 aromatic heterocycles. The highest BCUT2D eigenvalue weighted by molar-refractivity contribution is 6.07. The molecule has 0 atom stereocenters. The van der Waals surface area contributed by atoms with Crippen LogP contribution in [0, 0.1) is 0 Å². The number of amides is 1. The van der Waals surface area contributed by atoms with Gasteiger partial charge in [0.05, 0.1) is 52.0 Å². The van der Waals surface area contributed by atoms with E-state index in [0.717, 1.165) is 56.7 Å². The largest absolute Gasteiger partial charge is 0.384 e. The zero-order chi connectivity index (χ0) is 33.3. The first-order valence-electron chi connectivity index (χ1n) is 16.5. The fraction of sp³-hybridized carbons (Fsp3) is 0.150. The SMILES string of the molecule is O=C(NCCCNc1c2ccccc2nc2ccccc12)c1ccc(CN(Cc2cccc[nH+]2)C(c2ccccn2)c2ccccn2)nc1. The summed E-state index contributed by atoms with van der Waals surface area (Å²) in [6.45, 7) is 2.37. The number of hydrogen-bond acceptors (Lipinski definition) is 7. The Balaban J connectivity index is 1.01. The van der Waals surface area contributed by atoms with Crippen molar-refractivity contribution in [2.75, 3.05) is 18.4 Å². The van der Waals surface area contributed by atoms with E-state index < -0.39 is 0 Å². The maximum atomic E-state index is 13.1. The molecule has 1 amide bonds. The zero-order valence-corrected chi connectivity index (χ0v) is 27.0. The number of carbonyl (C=O) groups is 1. The van der Waals surface area contributed by atoms with Gasteiger partial charge in [-0.25, -0.2) is 9.97 Å². The first-order valence-corrected chi connectivity index (χ1v) is 16.5. The third-order valence-corrected chi connectivity index (χ3v) is 8.43. The molecule has 0 unspecified atom stereocenters. The van der Waals surface area contributed by atoms with Crippen LogP contribution in [0.4, 0.5) is 5.69 Å². The van der Waals surface area contributed by atoms with Gasteiger partial charge in [0, 0.05) is 61.1 Å². The van der Waals surface area contributed by atoms with Gasteiger partial charge in [-0.2, -0.15) is 0 Å². The van der Waals surface area contributed by atoms with E-state index in [1.54, 1.807) is 6.20 Å². The van der Waals surface area contributed by atoms with Crippen molar-refractivity contribution in [2.45, 2.75) is 25.6 Å². The number of pyridine rings is 5.